The quantitative estimate of drug-likeness (QED) is 0.340. The molecule has 2 heterocycles. The fraction of sp³-hybridized carbons (Fsp3) is 0.500. The number of rotatable bonds is 10. The third kappa shape index (κ3) is 9.77. The van der Waals surface area contributed by atoms with E-state index in [1.807, 2.05) is 11.8 Å². The van der Waals surface area contributed by atoms with Gasteiger partial charge >= 0.3 is 12.0 Å². The van der Waals surface area contributed by atoms with Gasteiger partial charge in [-0.15, -0.1) is 0 Å². The highest BCUT2D eigenvalue weighted by Crippen LogP contribution is 2.30. The first-order chi connectivity index (χ1) is 19.5. The molecule has 222 valence electrons. The van der Waals surface area contributed by atoms with Crippen molar-refractivity contribution in [2.45, 2.75) is 59.4 Å². The molecule has 1 fully saturated rings. The zero-order valence-electron chi connectivity index (χ0n) is 24.4. The number of aliphatic carboxylic acids is 1. The number of carbonyl (C=O) groups is 4. The van der Waals surface area contributed by atoms with Crippen LogP contribution < -0.4 is 20.9 Å². The lowest BCUT2D eigenvalue weighted by atomic mass is 9.91. The van der Waals surface area contributed by atoms with Gasteiger partial charge in [0.1, 0.15) is 0 Å². The smallest absolute Gasteiger partial charge is 0.319 e. The molecule has 11 nitrogen and oxygen atoms in total. The predicted octanol–water partition coefficient (Wildman–Crippen LogP) is 4.03. The molecule has 1 unspecified atom stereocenters. The average molecular weight is 567 g/mol. The maximum atomic E-state index is 13.3. The molecule has 1 atom stereocenters. The van der Waals surface area contributed by atoms with Crippen LogP contribution in [0, 0.1) is 5.41 Å². The number of urea groups is 1. The monoisotopic (exact) mass is 566 g/mol. The molecule has 11 heteroatoms. The minimum atomic E-state index is -1.05. The first-order valence-corrected chi connectivity index (χ1v) is 14.1. The topological polar surface area (TPSA) is 144 Å². The van der Waals surface area contributed by atoms with Crippen LogP contribution in [0.25, 0.3) is 0 Å². The molecule has 4 N–H and O–H groups in total. The Morgan fingerprint density at radius 1 is 1.07 bits per heavy atom. The molecular formula is C30H42N6O5. The summed E-state index contributed by atoms with van der Waals surface area (Å²) in [5.74, 6) is -1.40. The van der Waals surface area contributed by atoms with Crippen LogP contribution in [-0.4, -0.2) is 71.5 Å². The molecule has 1 aliphatic rings. The Morgan fingerprint density at radius 3 is 2.51 bits per heavy atom. The Hall–Kier alpha value is -4.15. The summed E-state index contributed by atoms with van der Waals surface area (Å²) in [6, 6.07) is 7.28. The number of anilines is 2. The standard InChI is InChI=1S/C30H42N6O5/c1-5-11-32-29(41)34-24-17-21(28(40)33-23(18-27(38)39)22-8-6-12-31-20-22)9-10-25(24)35-13-7-14-36(16-15-35)26(37)19-30(2,3)4/h6,8-10,12,17,20,23H,5,7,11,13-16,18-19H2,1-4H3,(H,33,40)(H,38,39)(H2,32,34,41). The van der Waals surface area contributed by atoms with E-state index in [1.165, 1.54) is 6.20 Å². The summed E-state index contributed by atoms with van der Waals surface area (Å²) < 4.78 is 0. The Balaban J connectivity index is 1.84. The van der Waals surface area contributed by atoms with Crippen molar-refractivity contribution in [1.82, 2.24) is 20.5 Å². The van der Waals surface area contributed by atoms with Crippen LogP contribution in [0.4, 0.5) is 16.2 Å². The number of carbonyl (C=O) groups excluding carboxylic acids is 3. The van der Waals surface area contributed by atoms with Crippen molar-refractivity contribution in [3.05, 3.63) is 53.9 Å². The zero-order chi connectivity index (χ0) is 30.0. The Morgan fingerprint density at radius 2 is 1.85 bits per heavy atom. The largest absolute Gasteiger partial charge is 0.481 e. The zero-order valence-corrected chi connectivity index (χ0v) is 24.4. The summed E-state index contributed by atoms with van der Waals surface area (Å²) >= 11 is 0. The van der Waals surface area contributed by atoms with E-state index in [2.05, 4.69) is 46.6 Å². The first kappa shape index (κ1) is 31.4. The second kappa shape index (κ2) is 14.5. The third-order valence-corrected chi connectivity index (χ3v) is 6.68. The highest BCUT2D eigenvalue weighted by Gasteiger charge is 2.26. The van der Waals surface area contributed by atoms with Crippen LogP contribution in [0.5, 0.6) is 0 Å². The van der Waals surface area contributed by atoms with Gasteiger partial charge in [-0.05, 0) is 48.1 Å². The summed E-state index contributed by atoms with van der Waals surface area (Å²) in [6.45, 7) is 11.1. The van der Waals surface area contributed by atoms with Gasteiger partial charge < -0.3 is 30.9 Å². The summed E-state index contributed by atoms with van der Waals surface area (Å²) in [6.07, 6.45) is 4.80. The Labute approximate surface area is 241 Å². The minimum Gasteiger partial charge on any atom is -0.481 e. The van der Waals surface area contributed by atoms with Crippen LogP contribution in [-0.2, 0) is 9.59 Å². The molecule has 1 aromatic carbocycles. The van der Waals surface area contributed by atoms with Gasteiger partial charge in [0, 0.05) is 57.1 Å². The van der Waals surface area contributed by atoms with Gasteiger partial charge in [-0.1, -0.05) is 33.8 Å². The number of amides is 4. The number of nitrogens with zero attached hydrogens (tertiary/aromatic N) is 3. The first-order valence-electron chi connectivity index (χ1n) is 14.1. The summed E-state index contributed by atoms with van der Waals surface area (Å²) in [4.78, 5) is 58.3. The molecule has 0 radical (unpaired) electrons. The van der Waals surface area contributed by atoms with Gasteiger partial charge in [-0.2, -0.15) is 0 Å². The van der Waals surface area contributed by atoms with Crippen LogP contribution in [0.1, 0.15) is 75.3 Å². The second-order valence-electron chi connectivity index (χ2n) is 11.5. The second-order valence-corrected chi connectivity index (χ2v) is 11.5. The molecule has 0 saturated carbocycles. The number of hydrogen-bond acceptors (Lipinski definition) is 6. The lowest BCUT2D eigenvalue weighted by Gasteiger charge is -2.27. The van der Waals surface area contributed by atoms with E-state index in [0.29, 0.717) is 50.4 Å². The van der Waals surface area contributed by atoms with Crippen molar-refractivity contribution in [2.75, 3.05) is 42.9 Å². The third-order valence-electron chi connectivity index (χ3n) is 6.68. The van der Waals surface area contributed by atoms with Crippen molar-refractivity contribution in [1.29, 1.82) is 0 Å². The van der Waals surface area contributed by atoms with E-state index in [9.17, 15) is 24.3 Å². The highest BCUT2D eigenvalue weighted by molar-refractivity contribution is 6.00. The van der Waals surface area contributed by atoms with Crippen molar-refractivity contribution in [3.63, 3.8) is 0 Å². The van der Waals surface area contributed by atoms with Crippen LogP contribution >= 0.6 is 0 Å². The van der Waals surface area contributed by atoms with E-state index in [4.69, 9.17) is 0 Å². The van der Waals surface area contributed by atoms with Gasteiger partial charge in [0.15, 0.2) is 0 Å². The van der Waals surface area contributed by atoms with E-state index >= 15 is 0 Å². The number of pyridine rings is 1. The van der Waals surface area contributed by atoms with Crippen molar-refractivity contribution in [2.24, 2.45) is 5.41 Å². The molecule has 0 aliphatic carbocycles. The van der Waals surface area contributed by atoms with Crippen LogP contribution in [0.15, 0.2) is 42.7 Å². The molecule has 41 heavy (non-hydrogen) atoms. The molecule has 4 amide bonds. The highest BCUT2D eigenvalue weighted by atomic mass is 16.4. The van der Waals surface area contributed by atoms with E-state index in [1.54, 1.807) is 36.5 Å². The average Bonchev–Trinajstić information content (AvgIpc) is 3.17. The summed E-state index contributed by atoms with van der Waals surface area (Å²) in [5.41, 5.74) is 1.95. The lowest BCUT2D eigenvalue weighted by molar-refractivity contribution is -0.137. The molecule has 0 spiro atoms. The number of carboxylic acids is 1. The van der Waals surface area contributed by atoms with Gasteiger partial charge in [0.05, 0.1) is 23.8 Å². The van der Waals surface area contributed by atoms with E-state index in [-0.39, 0.29) is 29.3 Å². The van der Waals surface area contributed by atoms with E-state index in [0.717, 1.165) is 18.5 Å². The summed E-state index contributed by atoms with van der Waals surface area (Å²) in [5, 5.41) is 17.9. The van der Waals surface area contributed by atoms with E-state index < -0.39 is 17.9 Å². The van der Waals surface area contributed by atoms with Gasteiger partial charge in [-0.3, -0.25) is 19.4 Å². The van der Waals surface area contributed by atoms with Gasteiger partial charge in [0.25, 0.3) is 5.91 Å². The molecule has 1 aromatic heterocycles. The molecule has 2 aromatic rings. The van der Waals surface area contributed by atoms with Crippen molar-refractivity contribution in [3.8, 4) is 0 Å². The minimum absolute atomic E-state index is 0.0943. The molecule has 1 aliphatic heterocycles. The molecule has 1 saturated heterocycles. The Bertz CT molecular complexity index is 1210. The fourth-order valence-electron chi connectivity index (χ4n) is 4.68. The summed E-state index contributed by atoms with van der Waals surface area (Å²) in [7, 11) is 0. The molecule has 0 bridgehead atoms. The lowest BCUT2D eigenvalue weighted by Crippen LogP contribution is -2.37. The van der Waals surface area contributed by atoms with Gasteiger partial charge in [-0.25, -0.2) is 4.79 Å². The number of benzene rings is 1. The van der Waals surface area contributed by atoms with Gasteiger partial charge in [0.2, 0.25) is 5.91 Å². The number of hydrogen-bond donors (Lipinski definition) is 4. The normalized spacial score (nSPS) is 14.5. The molecule has 3 rings (SSSR count). The molecular weight excluding hydrogens is 524 g/mol. The SMILES string of the molecule is CCCNC(=O)Nc1cc(C(=O)NC(CC(=O)O)c2cccnc2)ccc1N1CCCN(C(=O)CC(C)(C)C)CC1. The Kier molecular flexibility index (Phi) is 11.1. The number of aromatic nitrogens is 1. The fourth-order valence-corrected chi connectivity index (χ4v) is 4.68. The van der Waals surface area contributed by atoms with Crippen molar-refractivity contribution >= 4 is 35.2 Å². The van der Waals surface area contributed by atoms with Crippen molar-refractivity contribution < 1.29 is 24.3 Å². The number of nitrogens with one attached hydrogen (secondary N) is 3. The predicted molar refractivity (Wildman–Crippen MR) is 158 cm³/mol. The maximum absolute atomic E-state index is 13.3. The maximum Gasteiger partial charge on any atom is 0.319 e. The van der Waals surface area contributed by atoms with Crippen LogP contribution in [0.3, 0.4) is 0 Å². The number of carboxylic acid groups (broad SMARTS) is 1. The van der Waals surface area contributed by atoms with Crippen LogP contribution in [0.2, 0.25) is 0 Å².